The van der Waals surface area contributed by atoms with Crippen molar-refractivity contribution in [3.63, 3.8) is 0 Å². The van der Waals surface area contributed by atoms with Gasteiger partial charge in [-0.15, -0.1) is 0 Å². The molecule has 0 bridgehead atoms. The van der Waals surface area contributed by atoms with Crippen LogP contribution in [0.25, 0.3) is 0 Å². The second kappa shape index (κ2) is 10.1. The number of benzene rings is 2. The Hall–Kier alpha value is -2.13. The number of anilines is 1. The van der Waals surface area contributed by atoms with Gasteiger partial charge in [0.1, 0.15) is 0 Å². The van der Waals surface area contributed by atoms with E-state index in [2.05, 4.69) is 23.6 Å². The lowest BCUT2D eigenvalue weighted by molar-refractivity contribution is -0.0192. The lowest BCUT2D eigenvalue weighted by Gasteiger charge is -2.51. The summed E-state index contributed by atoms with van der Waals surface area (Å²) in [6.07, 6.45) is 3.04. The van der Waals surface area contributed by atoms with Gasteiger partial charge in [-0.2, -0.15) is 0 Å². The number of carbonyl (C=O) groups is 1. The van der Waals surface area contributed by atoms with E-state index in [1.54, 1.807) is 30.3 Å². The van der Waals surface area contributed by atoms with Crippen LogP contribution in [0.4, 0.5) is 5.69 Å². The molecule has 0 saturated carbocycles. The Balaban J connectivity index is 1.34. The van der Waals surface area contributed by atoms with Gasteiger partial charge < -0.3 is 10.6 Å². The summed E-state index contributed by atoms with van der Waals surface area (Å²) >= 11 is 6.27. The highest BCUT2D eigenvalue weighted by molar-refractivity contribution is 7.90. The van der Waals surface area contributed by atoms with E-state index in [1.807, 2.05) is 17.0 Å². The van der Waals surface area contributed by atoms with E-state index >= 15 is 0 Å². The maximum Gasteiger partial charge on any atom is 0.257 e. The molecule has 190 valence electrons. The van der Waals surface area contributed by atoms with E-state index in [-0.39, 0.29) is 11.4 Å². The number of nitrogens with two attached hydrogens (primary N) is 1. The number of hydrogen-bond acceptors (Lipinski definition) is 6. The summed E-state index contributed by atoms with van der Waals surface area (Å²) in [7, 11) is -3.18. The summed E-state index contributed by atoms with van der Waals surface area (Å²) in [6.45, 7) is 9.60. The number of likely N-dealkylation sites (tertiary alicyclic amines) is 1. The summed E-state index contributed by atoms with van der Waals surface area (Å²) in [5.41, 5.74) is 8.03. The van der Waals surface area contributed by atoms with Gasteiger partial charge >= 0.3 is 0 Å². The Kier molecular flexibility index (Phi) is 7.48. The second-order valence-corrected chi connectivity index (χ2v) is 12.6. The Morgan fingerprint density at radius 2 is 1.74 bits per heavy atom. The van der Waals surface area contributed by atoms with Crippen LogP contribution in [0.5, 0.6) is 0 Å². The third-order valence-corrected chi connectivity index (χ3v) is 9.10. The van der Waals surface area contributed by atoms with Gasteiger partial charge in [0.15, 0.2) is 9.84 Å². The molecule has 1 atom stereocenters. The van der Waals surface area contributed by atoms with Crippen LogP contribution in [0, 0.1) is 0 Å². The highest BCUT2D eigenvalue weighted by Gasteiger charge is 2.40. The average Bonchev–Trinajstić information content (AvgIpc) is 2.80. The molecule has 0 spiro atoms. The maximum atomic E-state index is 13.1. The third kappa shape index (κ3) is 5.66. The summed E-state index contributed by atoms with van der Waals surface area (Å²) in [6, 6.07) is 12.8. The number of amides is 1. The van der Waals surface area contributed by atoms with Crippen LogP contribution in [0.3, 0.4) is 0 Å². The Morgan fingerprint density at radius 3 is 2.31 bits per heavy atom. The molecule has 2 aromatic rings. The molecular formula is C26H35ClN4O3S. The van der Waals surface area contributed by atoms with Crippen LogP contribution >= 0.6 is 11.6 Å². The number of nitrogen functional groups attached to an aromatic ring is 1. The first kappa shape index (κ1) is 25.9. The SMILES string of the molecule is C[C@H]1CN(C2(C)CCN(C(=O)c3c(N)cccc3Cl)CC2)CCN1Cc1ccc(S(C)(=O)=O)cc1. The van der Waals surface area contributed by atoms with Crippen molar-refractivity contribution in [3.05, 3.63) is 58.6 Å². The van der Waals surface area contributed by atoms with Gasteiger partial charge in [0.25, 0.3) is 5.91 Å². The molecule has 2 heterocycles. The fraction of sp³-hybridized carbons (Fsp3) is 0.500. The van der Waals surface area contributed by atoms with Crippen molar-refractivity contribution >= 4 is 33.0 Å². The minimum atomic E-state index is -3.18. The van der Waals surface area contributed by atoms with E-state index in [0.29, 0.717) is 40.3 Å². The van der Waals surface area contributed by atoms with Crippen LogP contribution in [-0.2, 0) is 16.4 Å². The normalized spacial score (nSPS) is 21.7. The molecule has 35 heavy (non-hydrogen) atoms. The van der Waals surface area contributed by atoms with Crippen LogP contribution < -0.4 is 5.73 Å². The molecule has 0 aliphatic carbocycles. The zero-order valence-corrected chi connectivity index (χ0v) is 22.3. The second-order valence-electron chi connectivity index (χ2n) is 10.2. The van der Waals surface area contributed by atoms with E-state index in [4.69, 9.17) is 17.3 Å². The maximum absolute atomic E-state index is 13.1. The Morgan fingerprint density at radius 1 is 1.09 bits per heavy atom. The molecule has 1 amide bonds. The predicted octanol–water partition coefficient (Wildman–Crippen LogP) is 3.53. The summed E-state index contributed by atoms with van der Waals surface area (Å²) in [5.74, 6) is -0.0878. The lowest BCUT2D eigenvalue weighted by Crippen LogP contribution is -2.61. The van der Waals surface area contributed by atoms with E-state index in [0.717, 1.165) is 44.6 Å². The number of piperidine rings is 1. The largest absolute Gasteiger partial charge is 0.398 e. The zero-order chi connectivity index (χ0) is 25.4. The molecule has 7 nitrogen and oxygen atoms in total. The smallest absolute Gasteiger partial charge is 0.257 e. The molecule has 0 unspecified atom stereocenters. The third-order valence-electron chi connectivity index (χ3n) is 7.65. The van der Waals surface area contributed by atoms with Crippen LogP contribution in [0.1, 0.15) is 42.6 Å². The van der Waals surface area contributed by atoms with Gasteiger partial charge in [0, 0.05) is 62.8 Å². The summed E-state index contributed by atoms with van der Waals surface area (Å²) in [4.78, 5) is 20.3. The van der Waals surface area contributed by atoms with E-state index in [1.165, 1.54) is 6.26 Å². The van der Waals surface area contributed by atoms with Crippen LogP contribution in [0.15, 0.2) is 47.4 Å². The van der Waals surface area contributed by atoms with Crippen LogP contribution in [-0.4, -0.2) is 79.6 Å². The van der Waals surface area contributed by atoms with Crippen molar-refractivity contribution in [1.29, 1.82) is 0 Å². The lowest BCUT2D eigenvalue weighted by atomic mass is 9.86. The molecule has 0 radical (unpaired) electrons. The quantitative estimate of drug-likeness (QED) is 0.609. The number of halogens is 1. The fourth-order valence-corrected chi connectivity index (χ4v) is 6.12. The van der Waals surface area contributed by atoms with Gasteiger partial charge in [0.2, 0.25) is 0 Å². The summed E-state index contributed by atoms with van der Waals surface area (Å²) in [5, 5.41) is 0.402. The van der Waals surface area contributed by atoms with Crippen molar-refractivity contribution in [2.45, 2.75) is 49.7 Å². The molecule has 2 aliphatic rings. The molecule has 2 saturated heterocycles. The number of nitrogens with zero attached hydrogens (tertiary/aromatic N) is 3. The molecule has 2 fully saturated rings. The van der Waals surface area contributed by atoms with Gasteiger partial charge in [0.05, 0.1) is 15.5 Å². The Labute approximate surface area is 213 Å². The first-order valence-corrected chi connectivity index (χ1v) is 14.4. The predicted molar refractivity (Wildman–Crippen MR) is 140 cm³/mol. The molecule has 9 heteroatoms. The van der Waals surface area contributed by atoms with Crippen molar-refractivity contribution in [2.24, 2.45) is 0 Å². The minimum absolute atomic E-state index is 0.0420. The molecular weight excluding hydrogens is 484 g/mol. The van der Waals surface area contributed by atoms with Gasteiger partial charge in [-0.1, -0.05) is 29.8 Å². The monoisotopic (exact) mass is 518 g/mol. The van der Waals surface area contributed by atoms with E-state index in [9.17, 15) is 13.2 Å². The van der Waals surface area contributed by atoms with Crippen molar-refractivity contribution in [2.75, 3.05) is 44.7 Å². The molecule has 0 aromatic heterocycles. The number of rotatable bonds is 5. The number of piperazine rings is 1. The van der Waals surface area contributed by atoms with Gasteiger partial charge in [-0.3, -0.25) is 14.6 Å². The standard InChI is InChI=1S/C26H35ClN4O3S/c1-19-17-31(16-15-30(19)18-20-7-9-21(10-8-20)35(3,33)34)26(2)11-13-29(14-12-26)25(32)24-22(27)5-4-6-23(24)28/h4-10,19H,11-18,28H2,1-3H3/t19-/m0/s1. The topological polar surface area (TPSA) is 86.9 Å². The first-order chi connectivity index (χ1) is 16.5. The first-order valence-electron chi connectivity index (χ1n) is 12.1. The zero-order valence-electron chi connectivity index (χ0n) is 20.7. The van der Waals surface area contributed by atoms with Gasteiger partial charge in [-0.05, 0) is 56.5 Å². The highest BCUT2D eigenvalue weighted by Crippen LogP contribution is 2.33. The van der Waals surface area contributed by atoms with Crippen LogP contribution in [0.2, 0.25) is 5.02 Å². The molecule has 4 rings (SSSR count). The Bertz CT molecular complexity index is 1160. The number of hydrogen-bond donors (Lipinski definition) is 1. The van der Waals surface area contributed by atoms with Crippen molar-refractivity contribution < 1.29 is 13.2 Å². The fourth-order valence-electron chi connectivity index (χ4n) is 5.23. The minimum Gasteiger partial charge on any atom is -0.398 e. The average molecular weight is 519 g/mol. The van der Waals surface area contributed by atoms with Gasteiger partial charge in [-0.25, -0.2) is 8.42 Å². The summed E-state index contributed by atoms with van der Waals surface area (Å²) < 4.78 is 23.4. The number of sulfone groups is 1. The highest BCUT2D eigenvalue weighted by atomic mass is 35.5. The van der Waals surface area contributed by atoms with E-state index < -0.39 is 9.84 Å². The molecule has 2 aliphatic heterocycles. The van der Waals surface area contributed by atoms with Crippen molar-refractivity contribution in [1.82, 2.24) is 14.7 Å². The number of carbonyl (C=O) groups excluding carboxylic acids is 1. The van der Waals surface area contributed by atoms with Crippen molar-refractivity contribution in [3.8, 4) is 0 Å². The molecule has 2 aromatic carbocycles. The molecule has 2 N–H and O–H groups in total.